The normalized spacial score (nSPS) is 27.1. The van der Waals surface area contributed by atoms with E-state index in [4.69, 9.17) is 5.73 Å². The maximum Gasteiger partial charge on any atom is 0.119 e. The number of phenols is 1. The van der Waals surface area contributed by atoms with Crippen LogP contribution >= 0.6 is 0 Å². The van der Waals surface area contributed by atoms with E-state index in [0.29, 0.717) is 17.6 Å². The Morgan fingerprint density at radius 1 is 1.42 bits per heavy atom. The molecule has 0 amide bonds. The zero-order valence-electron chi connectivity index (χ0n) is 6.90. The predicted molar refractivity (Wildman–Crippen MR) is 48.0 cm³/mol. The van der Waals surface area contributed by atoms with Crippen molar-refractivity contribution in [2.45, 2.75) is 12.3 Å². The van der Waals surface area contributed by atoms with E-state index in [1.165, 1.54) is 0 Å². The summed E-state index contributed by atoms with van der Waals surface area (Å²) in [5.41, 5.74) is 6.59. The maximum absolute atomic E-state index is 9.49. The summed E-state index contributed by atoms with van der Waals surface area (Å²) in [4.78, 5) is 0. The lowest BCUT2D eigenvalue weighted by molar-refractivity contribution is 0.467. The van der Waals surface area contributed by atoms with Crippen LogP contribution in [0.1, 0.15) is 17.9 Å². The molecule has 1 aromatic carbocycles. The van der Waals surface area contributed by atoms with Gasteiger partial charge in [0.05, 0.1) is 0 Å². The van der Waals surface area contributed by atoms with Crippen LogP contribution in [0.5, 0.6) is 5.75 Å². The molecular weight excluding hydrogens is 150 g/mol. The van der Waals surface area contributed by atoms with Crippen LogP contribution in [-0.4, -0.2) is 11.7 Å². The first-order chi connectivity index (χ1) is 5.83. The van der Waals surface area contributed by atoms with Crippen LogP contribution in [0.25, 0.3) is 0 Å². The van der Waals surface area contributed by atoms with Gasteiger partial charge in [-0.3, -0.25) is 0 Å². The van der Waals surface area contributed by atoms with E-state index in [2.05, 4.69) is 0 Å². The van der Waals surface area contributed by atoms with Crippen LogP contribution in [0.4, 0.5) is 0 Å². The smallest absolute Gasteiger partial charge is 0.119 e. The van der Waals surface area contributed by atoms with Gasteiger partial charge in [0, 0.05) is 0 Å². The molecule has 0 aliphatic heterocycles. The van der Waals surface area contributed by atoms with Gasteiger partial charge in [-0.15, -0.1) is 0 Å². The highest BCUT2D eigenvalue weighted by atomic mass is 16.3. The first kappa shape index (κ1) is 7.62. The van der Waals surface area contributed by atoms with Gasteiger partial charge >= 0.3 is 0 Å². The minimum Gasteiger partial charge on any atom is -0.508 e. The molecule has 1 aliphatic rings. The molecule has 12 heavy (non-hydrogen) atoms. The fourth-order valence-corrected chi connectivity index (χ4v) is 1.69. The van der Waals surface area contributed by atoms with Crippen molar-refractivity contribution >= 4 is 0 Å². The maximum atomic E-state index is 9.49. The Bertz CT molecular complexity index is 285. The Hall–Kier alpha value is -1.02. The molecule has 1 aromatic rings. The Labute approximate surface area is 72.0 Å². The van der Waals surface area contributed by atoms with Crippen LogP contribution < -0.4 is 5.73 Å². The molecule has 1 fully saturated rings. The monoisotopic (exact) mass is 163 g/mol. The van der Waals surface area contributed by atoms with Gasteiger partial charge in [0.2, 0.25) is 0 Å². The zero-order chi connectivity index (χ0) is 8.55. The molecule has 2 atom stereocenters. The molecule has 1 saturated carbocycles. The SMILES string of the molecule is NC[C@@H]1CC1c1ccccc1O. The van der Waals surface area contributed by atoms with E-state index < -0.39 is 0 Å². The largest absolute Gasteiger partial charge is 0.508 e. The minimum atomic E-state index is 0.415. The van der Waals surface area contributed by atoms with Gasteiger partial charge in [-0.05, 0) is 36.4 Å². The zero-order valence-corrected chi connectivity index (χ0v) is 6.90. The molecular formula is C10H13NO. The van der Waals surface area contributed by atoms with Crippen molar-refractivity contribution in [1.29, 1.82) is 0 Å². The van der Waals surface area contributed by atoms with Crippen molar-refractivity contribution in [1.82, 2.24) is 0 Å². The number of benzene rings is 1. The van der Waals surface area contributed by atoms with Crippen molar-refractivity contribution in [2.75, 3.05) is 6.54 Å². The standard InChI is InChI=1S/C10H13NO/c11-6-7-5-9(7)8-3-1-2-4-10(8)12/h1-4,7,9,12H,5-6,11H2/t7-,9?/m0/s1. The number of rotatable bonds is 2. The average molecular weight is 163 g/mol. The topological polar surface area (TPSA) is 46.2 Å². The van der Waals surface area contributed by atoms with Crippen molar-refractivity contribution in [2.24, 2.45) is 11.7 Å². The van der Waals surface area contributed by atoms with E-state index in [0.717, 1.165) is 18.5 Å². The quantitative estimate of drug-likeness (QED) is 0.693. The number of aromatic hydroxyl groups is 1. The molecule has 3 N–H and O–H groups in total. The van der Waals surface area contributed by atoms with E-state index in [1.54, 1.807) is 6.07 Å². The van der Waals surface area contributed by atoms with Crippen LogP contribution in [0.2, 0.25) is 0 Å². The first-order valence-corrected chi connectivity index (χ1v) is 4.31. The summed E-state index contributed by atoms with van der Waals surface area (Å²) in [5.74, 6) is 1.52. The molecule has 1 unspecified atom stereocenters. The summed E-state index contributed by atoms with van der Waals surface area (Å²) in [7, 11) is 0. The van der Waals surface area contributed by atoms with Gasteiger partial charge < -0.3 is 10.8 Å². The number of phenolic OH excluding ortho intramolecular Hbond substituents is 1. The second-order valence-corrected chi connectivity index (χ2v) is 3.40. The third-order valence-electron chi connectivity index (χ3n) is 2.56. The summed E-state index contributed by atoms with van der Waals surface area (Å²) in [5, 5.41) is 9.49. The molecule has 0 heterocycles. The van der Waals surface area contributed by atoms with E-state index in [9.17, 15) is 5.11 Å². The number of para-hydroxylation sites is 1. The van der Waals surface area contributed by atoms with Crippen LogP contribution in [0.15, 0.2) is 24.3 Å². The summed E-state index contributed by atoms with van der Waals surface area (Å²) in [6, 6.07) is 7.52. The highest BCUT2D eigenvalue weighted by Gasteiger charge is 2.38. The van der Waals surface area contributed by atoms with Gasteiger partial charge in [-0.25, -0.2) is 0 Å². The van der Waals surface area contributed by atoms with Gasteiger partial charge in [-0.1, -0.05) is 18.2 Å². The van der Waals surface area contributed by atoms with Crippen LogP contribution in [0, 0.1) is 5.92 Å². The van der Waals surface area contributed by atoms with E-state index >= 15 is 0 Å². The summed E-state index contributed by atoms with van der Waals surface area (Å²) in [6.45, 7) is 0.735. The highest BCUT2D eigenvalue weighted by molar-refractivity contribution is 5.38. The average Bonchev–Trinajstić information content (AvgIpc) is 2.84. The van der Waals surface area contributed by atoms with Crippen molar-refractivity contribution in [3.63, 3.8) is 0 Å². The van der Waals surface area contributed by atoms with Gasteiger partial charge in [-0.2, -0.15) is 0 Å². The van der Waals surface area contributed by atoms with Gasteiger partial charge in [0.1, 0.15) is 5.75 Å². The third kappa shape index (κ3) is 1.18. The summed E-state index contributed by atoms with van der Waals surface area (Å²) >= 11 is 0. The van der Waals surface area contributed by atoms with Crippen LogP contribution in [-0.2, 0) is 0 Å². The molecule has 0 saturated heterocycles. The van der Waals surface area contributed by atoms with Crippen molar-refractivity contribution < 1.29 is 5.11 Å². The number of hydrogen-bond acceptors (Lipinski definition) is 2. The molecule has 2 heteroatoms. The molecule has 0 bridgehead atoms. The van der Waals surface area contributed by atoms with Gasteiger partial charge in [0.15, 0.2) is 0 Å². The molecule has 0 aromatic heterocycles. The minimum absolute atomic E-state index is 0.415. The van der Waals surface area contributed by atoms with Crippen LogP contribution in [0.3, 0.4) is 0 Å². The predicted octanol–water partition coefficient (Wildman–Crippen LogP) is 1.45. The van der Waals surface area contributed by atoms with Gasteiger partial charge in [0.25, 0.3) is 0 Å². The number of hydrogen-bond donors (Lipinski definition) is 2. The number of nitrogens with two attached hydrogens (primary N) is 1. The Morgan fingerprint density at radius 3 is 2.75 bits per heavy atom. The van der Waals surface area contributed by atoms with E-state index in [-0.39, 0.29) is 0 Å². The van der Waals surface area contributed by atoms with Crippen molar-refractivity contribution in [3.8, 4) is 5.75 Å². The molecule has 2 rings (SSSR count). The molecule has 64 valence electrons. The fraction of sp³-hybridized carbons (Fsp3) is 0.400. The lowest BCUT2D eigenvalue weighted by Gasteiger charge is -2.01. The van der Waals surface area contributed by atoms with Crippen molar-refractivity contribution in [3.05, 3.63) is 29.8 Å². The Kier molecular flexibility index (Phi) is 1.77. The lowest BCUT2D eigenvalue weighted by Crippen LogP contribution is -2.01. The molecule has 2 nitrogen and oxygen atoms in total. The highest BCUT2D eigenvalue weighted by Crippen LogP contribution is 2.49. The second kappa shape index (κ2) is 2.79. The van der Waals surface area contributed by atoms with E-state index in [1.807, 2.05) is 18.2 Å². The molecule has 0 radical (unpaired) electrons. The Balaban J connectivity index is 2.19. The lowest BCUT2D eigenvalue weighted by atomic mass is 10.1. The Morgan fingerprint density at radius 2 is 2.17 bits per heavy atom. The molecule has 1 aliphatic carbocycles. The second-order valence-electron chi connectivity index (χ2n) is 3.40. The third-order valence-corrected chi connectivity index (χ3v) is 2.56. The summed E-state index contributed by atoms with van der Waals surface area (Å²) < 4.78 is 0. The molecule has 0 spiro atoms. The first-order valence-electron chi connectivity index (χ1n) is 4.31. The fourth-order valence-electron chi connectivity index (χ4n) is 1.69. The summed E-state index contributed by atoms with van der Waals surface area (Å²) in [6.07, 6.45) is 1.13.